The van der Waals surface area contributed by atoms with Gasteiger partial charge < -0.3 is 23.8 Å². The van der Waals surface area contributed by atoms with Gasteiger partial charge in [-0.2, -0.15) is 5.10 Å². The third kappa shape index (κ3) is 4.88. The Morgan fingerprint density at radius 1 is 1.12 bits per heavy atom. The predicted molar refractivity (Wildman–Crippen MR) is 153 cm³/mol. The Morgan fingerprint density at radius 2 is 1.95 bits per heavy atom. The Hall–Kier alpha value is -4.79. The van der Waals surface area contributed by atoms with E-state index in [4.69, 9.17) is 13.9 Å². The van der Waals surface area contributed by atoms with Gasteiger partial charge in [0.15, 0.2) is 0 Å². The molecule has 0 spiro atoms. The summed E-state index contributed by atoms with van der Waals surface area (Å²) in [6.45, 7) is 3.97. The molecule has 0 bridgehead atoms. The number of carbonyl (C=O) groups excluding carboxylic acids is 2. The van der Waals surface area contributed by atoms with E-state index in [2.05, 4.69) is 17.0 Å². The van der Waals surface area contributed by atoms with E-state index in [-0.39, 0.29) is 18.5 Å². The van der Waals surface area contributed by atoms with Gasteiger partial charge in [-0.1, -0.05) is 31.5 Å². The number of para-hydroxylation sites is 1. The number of nitrogens with one attached hydrogen (secondary N) is 1. The van der Waals surface area contributed by atoms with E-state index < -0.39 is 6.04 Å². The van der Waals surface area contributed by atoms with Gasteiger partial charge in [0.05, 0.1) is 35.9 Å². The predicted octanol–water partition coefficient (Wildman–Crippen LogP) is 5.76. The molecular formula is C32H32N4O5. The van der Waals surface area contributed by atoms with Gasteiger partial charge in [0, 0.05) is 24.4 Å². The molecule has 0 saturated heterocycles. The SMILES string of the molecule is CCCc1c(C(=O)N2CCc3c([nH]c4ccc(OC)cc34)C2c2ccc(COC(C)=O)o2)cnn1-c1ccccc1. The van der Waals surface area contributed by atoms with Crippen molar-refractivity contribution in [3.63, 3.8) is 0 Å². The molecule has 0 radical (unpaired) electrons. The summed E-state index contributed by atoms with van der Waals surface area (Å²) in [4.78, 5) is 31.2. The van der Waals surface area contributed by atoms with E-state index in [1.54, 1.807) is 19.4 Å². The van der Waals surface area contributed by atoms with Gasteiger partial charge in [-0.3, -0.25) is 9.59 Å². The lowest BCUT2D eigenvalue weighted by Crippen LogP contribution is -2.40. The minimum Gasteiger partial charge on any atom is -0.497 e. The summed E-state index contributed by atoms with van der Waals surface area (Å²) >= 11 is 0. The molecule has 9 nitrogen and oxygen atoms in total. The molecule has 41 heavy (non-hydrogen) atoms. The van der Waals surface area contributed by atoms with Crippen LogP contribution in [0, 0.1) is 0 Å². The minimum atomic E-state index is -0.509. The number of H-pyrrole nitrogens is 1. The molecule has 1 aliphatic heterocycles. The van der Waals surface area contributed by atoms with Gasteiger partial charge in [-0.25, -0.2) is 4.68 Å². The highest BCUT2D eigenvalue weighted by Gasteiger charge is 2.38. The van der Waals surface area contributed by atoms with Crippen LogP contribution in [0.25, 0.3) is 16.6 Å². The molecule has 2 aromatic carbocycles. The molecule has 0 aliphatic carbocycles. The number of esters is 1. The third-order valence-electron chi connectivity index (χ3n) is 7.55. The number of ether oxygens (including phenoxy) is 2. The van der Waals surface area contributed by atoms with Crippen LogP contribution < -0.4 is 4.74 Å². The standard InChI is InChI=1S/C32H32N4O5/c1-4-8-28-26(18-33-36(28)21-9-6-5-7-10-21)32(38)35-16-15-24-25-17-22(39-3)11-13-27(25)34-30(24)31(35)29-14-12-23(41-29)19-40-20(2)37/h5-7,9-14,17-18,31,34H,4,8,15-16,19H2,1-3H3. The zero-order valence-electron chi connectivity index (χ0n) is 23.3. The fraction of sp³-hybridized carbons (Fsp3) is 0.281. The van der Waals surface area contributed by atoms with Crippen LogP contribution in [0.5, 0.6) is 5.75 Å². The molecule has 9 heteroatoms. The molecule has 1 N–H and O–H groups in total. The van der Waals surface area contributed by atoms with Crippen molar-refractivity contribution in [3.8, 4) is 11.4 Å². The maximum atomic E-state index is 14.4. The number of furan rings is 1. The average Bonchev–Trinajstić information content (AvgIpc) is 3.72. The number of aromatic amines is 1. The molecule has 6 rings (SSSR count). The van der Waals surface area contributed by atoms with Crippen molar-refractivity contribution in [3.05, 3.63) is 101 Å². The lowest BCUT2D eigenvalue weighted by molar-refractivity contribution is -0.142. The van der Waals surface area contributed by atoms with Crippen molar-refractivity contribution in [2.45, 2.75) is 45.8 Å². The largest absolute Gasteiger partial charge is 0.497 e. The van der Waals surface area contributed by atoms with Crippen molar-refractivity contribution in [1.82, 2.24) is 19.7 Å². The van der Waals surface area contributed by atoms with Gasteiger partial charge in [0.2, 0.25) is 0 Å². The van der Waals surface area contributed by atoms with E-state index in [0.29, 0.717) is 36.5 Å². The van der Waals surface area contributed by atoms with Crippen molar-refractivity contribution in [2.24, 2.45) is 0 Å². The maximum absolute atomic E-state index is 14.4. The normalized spacial score (nSPS) is 14.7. The highest BCUT2D eigenvalue weighted by molar-refractivity contribution is 5.96. The van der Waals surface area contributed by atoms with E-state index in [1.807, 2.05) is 64.2 Å². The number of benzene rings is 2. The Bertz CT molecular complexity index is 1710. The van der Waals surface area contributed by atoms with E-state index in [9.17, 15) is 9.59 Å². The maximum Gasteiger partial charge on any atom is 0.303 e. The minimum absolute atomic E-state index is 0.0251. The Labute approximate surface area is 237 Å². The fourth-order valence-electron chi connectivity index (χ4n) is 5.68. The van der Waals surface area contributed by atoms with Gasteiger partial charge in [0.1, 0.15) is 29.9 Å². The molecule has 1 aliphatic rings. The van der Waals surface area contributed by atoms with E-state index in [0.717, 1.165) is 45.7 Å². The van der Waals surface area contributed by atoms with Gasteiger partial charge in [0.25, 0.3) is 5.91 Å². The van der Waals surface area contributed by atoms with Crippen molar-refractivity contribution < 1.29 is 23.5 Å². The number of rotatable bonds is 8. The number of carbonyl (C=O) groups is 2. The number of fused-ring (bicyclic) bond motifs is 3. The van der Waals surface area contributed by atoms with E-state index in [1.165, 1.54) is 6.92 Å². The number of hydrogen-bond donors (Lipinski definition) is 1. The van der Waals surface area contributed by atoms with Crippen molar-refractivity contribution >= 4 is 22.8 Å². The van der Waals surface area contributed by atoms with E-state index >= 15 is 0 Å². The summed E-state index contributed by atoms with van der Waals surface area (Å²) < 4.78 is 18.7. The van der Waals surface area contributed by atoms with Gasteiger partial charge in [-0.15, -0.1) is 0 Å². The van der Waals surface area contributed by atoms with Gasteiger partial charge >= 0.3 is 5.97 Å². The number of nitrogens with zero attached hydrogens (tertiary/aromatic N) is 3. The first-order valence-corrected chi connectivity index (χ1v) is 13.8. The average molecular weight is 553 g/mol. The first-order chi connectivity index (χ1) is 20.0. The summed E-state index contributed by atoms with van der Waals surface area (Å²) in [5, 5.41) is 5.70. The van der Waals surface area contributed by atoms with Crippen LogP contribution in [-0.2, 0) is 29.0 Å². The third-order valence-corrected chi connectivity index (χ3v) is 7.55. The first kappa shape index (κ1) is 26.4. The molecule has 1 unspecified atom stereocenters. The monoisotopic (exact) mass is 552 g/mol. The Balaban J connectivity index is 1.44. The number of amides is 1. The van der Waals surface area contributed by atoms with Crippen LogP contribution in [0.1, 0.15) is 65.1 Å². The Morgan fingerprint density at radius 3 is 2.71 bits per heavy atom. The van der Waals surface area contributed by atoms with Crippen LogP contribution in [0.2, 0.25) is 0 Å². The second-order valence-electron chi connectivity index (χ2n) is 10.2. The van der Waals surface area contributed by atoms with Crippen LogP contribution in [0.15, 0.2) is 71.3 Å². The zero-order valence-corrected chi connectivity index (χ0v) is 23.3. The fourth-order valence-corrected chi connectivity index (χ4v) is 5.68. The molecular weight excluding hydrogens is 520 g/mol. The molecule has 1 amide bonds. The van der Waals surface area contributed by atoms with Crippen LogP contribution >= 0.6 is 0 Å². The highest BCUT2D eigenvalue weighted by Crippen LogP contribution is 2.41. The summed E-state index contributed by atoms with van der Waals surface area (Å²) in [5.41, 5.74) is 5.36. The zero-order chi connectivity index (χ0) is 28.5. The Kier molecular flexibility index (Phi) is 7.09. The molecule has 0 fully saturated rings. The quantitative estimate of drug-likeness (QED) is 0.246. The van der Waals surface area contributed by atoms with Crippen LogP contribution in [0.4, 0.5) is 0 Å². The van der Waals surface area contributed by atoms with Gasteiger partial charge in [-0.05, 0) is 60.9 Å². The number of methoxy groups -OCH3 is 1. The topological polar surface area (TPSA) is 103 Å². The summed E-state index contributed by atoms with van der Waals surface area (Å²) in [6, 6.07) is 18.9. The molecule has 210 valence electrons. The molecule has 1 atom stereocenters. The number of aromatic nitrogens is 3. The van der Waals surface area contributed by atoms with Crippen molar-refractivity contribution in [1.29, 1.82) is 0 Å². The second-order valence-corrected chi connectivity index (χ2v) is 10.2. The number of hydrogen-bond acceptors (Lipinski definition) is 6. The molecule has 3 aromatic heterocycles. The lowest BCUT2D eigenvalue weighted by atomic mass is 9.94. The molecule has 4 heterocycles. The lowest BCUT2D eigenvalue weighted by Gasteiger charge is -2.34. The molecule has 5 aromatic rings. The summed E-state index contributed by atoms with van der Waals surface area (Å²) in [6.07, 6.45) is 3.92. The second kappa shape index (κ2) is 11.0. The first-order valence-electron chi connectivity index (χ1n) is 13.8. The van der Waals surface area contributed by atoms with Crippen LogP contribution in [-0.4, -0.2) is 45.2 Å². The summed E-state index contributed by atoms with van der Waals surface area (Å²) in [7, 11) is 1.65. The smallest absolute Gasteiger partial charge is 0.303 e. The molecule has 0 saturated carbocycles. The van der Waals surface area contributed by atoms with Crippen LogP contribution in [0.3, 0.4) is 0 Å². The highest BCUT2D eigenvalue weighted by atomic mass is 16.5. The van der Waals surface area contributed by atoms with Crippen molar-refractivity contribution in [2.75, 3.05) is 13.7 Å². The summed E-state index contributed by atoms with van der Waals surface area (Å²) in [5.74, 6) is 1.38.